The van der Waals surface area contributed by atoms with E-state index in [0.717, 1.165) is 38.2 Å². The maximum absolute atomic E-state index is 9.46. The van der Waals surface area contributed by atoms with Crippen LogP contribution in [0, 0.1) is 17.2 Å². The third kappa shape index (κ3) is 3.00. The summed E-state index contributed by atoms with van der Waals surface area (Å²) < 4.78 is 5.97. The van der Waals surface area contributed by atoms with Gasteiger partial charge >= 0.3 is 0 Å². The van der Waals surface area contributed by atoms with Gasteiger partial charge in [0.1, 0.15) is 5.54 Å². The predicted octanol–water partition coefficient (Wildman–Crippen LogP) is 2.37. The van der Waals surface area contributed by atoms with Crippen LogP contribution in [0.3, 0.4) is 0 Å². The minimum absolute atomic E-state index is 0.284. The number of hydrogen-bond donors (Lipinski definition) is 1. The normalized spacial score (nSPS) is 37.7. The van der Waals surface area contributed by atoms with Crippen molar-refractivity contribution in [2.24, 2.45) is 5.92 Å². The molecule has 3 heteroatoms. The Morgan fingerprint density at radius 3 is 2.71 bits per heavy atom. The van der Waals surface area contributed by atoms with Gasteiger partial charge in [0, 0.05) is 19.1 Å². The first-order valence-electron chi connectivity index (χ1n) is 7.10. The zero-order chi connectivity index (χ0) is 11.7. The van der Waals surface area contributed by atoms with Crippen molar-refractivity contribution in [3.63, 3.8) is 0 Å². The molecule has 0 aliphatic heterocycles. The third-order valence-electron chi connectivity index (χ3n) is 4.24. The van der Waals surface area contributed by atoms with Gasteiger partial charge in [0.25, 0.3) is 0 Å². The summed E-state index contributed by atoms with van der Waals surface area (Å²) in [5.74, 6) is 0.824. The molecule has 0 spiro atoms. The first-order valence-corrected chi connectivity index (χ1v) is 7.10. The molecule has 1 N–H and O–H groups in total. The van der Waals surface area contributed by atoms with Gasteiger partial charge in [0.2, 0.25) is 0 Å². The van der Waals surface area contributed by atoms with Gasteiger partial charge in [-0.2, -0.15) is 5.26 Å². The first-order chi connectivity index (χ1) is 8.30. The Morgan fingerprint density at radius 1 is 1.24 bits per heavy atom. The van der Waals surface area contributed by atoms with E-state index in [1.165, 1.54) is 25.7 Å². The van der Waals surface area contributed by atoms with Crippen LogP contribution in [0.2, 0.25) is 0 Å². The maximum Gasteiger partial charge on any atom is 0.109 e. The zero-order valence-corrected chi connectivity index (χ0v) is 10.5. The monoisotopic (exact) mass is 234 g/mol. The third-order valence-corrected chi connectivity index (χ3v) is 4.24. The highest BCUT2D eigenvalue weighted by molar-refractivity contribution is 5.12. The van der Waals surface area contributed by atoms with Gasteiger partial charge in [0.05, 0.1) is 12.2 Å². The van der Waals surface area contributed by atoms with Crippen LogP contribution in [-0.2, 0) is 4.74 Å². The van der Waals surface area contributed by atoms with Crippen molar-refractivity contribution in [3.05, 3.63) is 0 Å². The molecule has 2 atom stereocenters. The summed E-state index contributed by atoms with van der Waals surface area (Å²) in [6, 6.07) is 3.14. The topological polar surface area (TPSA) is 45.0 Å². The number of rotatable bonds is 5. The molecule has 3 rings (SSSR count). The van der Waals surface area contributed by atoms with E-state index in [4.69, 9.17) is 4.74 Å². The number of ether oxygens (including phenoxy) is 1. The minimum atomic E-state index is -0.284. The van der Waals surface area contributed by atoms with Gasteiger partial charge in [0.15, 0.2) is 0 Å². The van der Waals surface area contributed by atoms with Crippen LogP contribution in [0.25, 0.3) is 0 Å². The standard InChI is InChI=1S/C14H22N2O/c15-10-14(16-12-5-6-12)7-1-2-13(8-14)17-9-11-3-4-11/h11-13,16H,1-9H2. The molecular formula is C14H22N2O. The second kappa shape index (κ2) is 4.59. The molecule has 3 aliphatic carbocycles. The fourth-order valence-corrected chi connectivity index (χ4v) is 2.81. The smallest absolute Gasteiger partial charge is 0.109 e. The Morgan fingerprint density at radius 2 is 2.06 bits per heavy atom. The maximum atomic E-state index is 9.46. The quantitative estimate of drug-likeness (QED) is 0.794. The average Bonchev–Trinajstić information content (AvgIpc) is 3.22. The lowest BCUT2D eigenvalue weighted by molar-refractivity contribution is 0.00345. The molecule has 0 amide bonds. The number of hydrogen-bond acceptors (Lipinski definition) is 3. The lowest BCUT2D eigenvalue weighted by Gasteiger charge is -2.36. The van der Waals surface area contributed by atoms with Crippen LogP contribution in [0.15, 0.2) is 0 Å². The van der Waals surface area contributed by atoms with E-state index in [2.05, 4.69) is 11.4 Å². The van der Waals surface area contributed by atoms with E-state index in [1.54, 1.807) is 0 Å². The summed E-state index contributed by atoms with van der Waals surface area (Å²) in [5.41, 5.74) is -0.284. The van der Waals surface area contributed by atoms with Gasteiger partial charge in [-0.15, -0.1) is 0 Å². The summed E-state index contributed by atoms with van der Waals surface area (Å²) in [4.78, 5) is 0. The lowest BCUT2D eigenvalue weighted by Crippen LogP contribution is -2.50. The largest absolute Gasteiger partial charge is 0.378 e. The van der Waals surface area contributed by atoms with Crippen molar-refractivity contribution >= 4 is 0 Å². The van der Waals surface area contributed by atoms with Crippen LogP contribution >= 0.6 is 0 Å². The first kappa shape index (κ1) is 11.5. The molecule has 17 heavy (non-hydrogen) atoms. The fourth-order valence-electron chi connectivity index (χ4n) is 2.81. The van der Waals surface area contributed by atoms with Crippen LogP contribution in [0.5, 0.6) is 0 Å². The second-order valence-corrected chi connectivity index (χ2v) is 6.11. The van der Waals surface area contributed by atoms with Crippen molar-refractivity contribution < 1.29 is 4.74 Å². The van der Waals surface area contributed by atoms with E-state index in [1.807, 2.05) is 0 Å². The van der Waals surface area contributed by atoms with Gasteiger partial charge in [-0.1, -0.05) is 0 Å². The molecule has 3 saturated carbocycles. The molecule has 0 heterocycles. The Kier molecular flexibility index (Phi) is 3.10. The summed E-state index contributed by atoms with van der Waals surface area (Å²) in [6.45, 7) is 0.926. The summed E-state index contributed by atoms with van der Waals surface area (Å²) in [7, 11) is 0. The van der Waals surface area contributed by atoms with E-state index in [9.17, 15) is 5.26 Å². The van der Waals surface area contributed by atoms with Crippen molar-refractivity contribution in [3.8, 4) is 6.07 Å². The van der Waals surface area contributed by atoms with Crippen LogP contribution in [-0.4, -0.2) is 24.3 Å². The van der Waals surface area contributed by atoms with Gasteiger partial charge in [-0.25, -0.2) is 0 Å². The molecule has 0 radical (unpaired) electrons. The van der Waals surface area contributed by atoms with Gasteiger partial charge in [-0.05, 0) is 50.9 Å². The summed E-state index contributed by atoms with van der Waals surface area (Å²) >= 11 is 0. The van der Waals surface area contributed by atoms with Gasteiger partial charge in [-0.3, -0.25) is 5.32 Å². The Labute approximate surface area is 104 Å². The number of nitrogens with one attached hydrogen (secondary N) is 1. The van der Waals surface area contributed by atoms with Crippen LogP contribution in [0.1, 0.15) is 51.4 Å². The van der Waals surface area contributed by atoms with Crippen molar-refractivity contribution in [1.29, 1.82) is 5.26 Å². The second-order valence-electron chi connectivity index (χ2n) is 6.11. The Bertz CT molecular complexity index is 317. The molecule has 3 fully saturated rings. The molecule has 3 aliphatic rings. The number of nitriles is 1. The molecule has 0 saturated heterocycles. The molecule has 94 valence electrons. The van der Waals surface area contributed by atoms with Crippen molar-refractivity contribution in [1.82, 2.24) is 5.32 Å². The van der Waals surface area contributed by atoms with E-state index in [-0.39, 0.29) is 5.54 Å². The van der Waals surface area contributed by atoms with Crippen LogP contribution in [0.4, 0.5) is 0 Å². The average molecular weight is 234 g/mol. The van der Waals surface area contributed by atoms with Crippen LogP contribution < -0.4 is 5.32 Å². The Hall–Kier alpha value is -0.590. The molecule has 0 aromatic heterocycles. The van der Waals surface area contributed by atoms with Gasteiger partial charge < -0.3 is 4.74 Å². The molecule has 0 bridgehead atoms. The Balaban J connectivity index is 1.53. The van der Waals surface area contributed by atoms with Crippen molar-refractivity contribution in [2.75, 3.05) is 6.61 Å². The molecule has 0 aromatic carbocycles. The highest BCUT2D eigenvalue weighted by Crippen LogP contribution is 2.35. The minimum Gasteiger partial charge on any atom is -0.378 e. The van der Waals surface area contributed by atoms with Crippen molar-refractivity contribution in [2.45, 2.75) is 69.1 Å². The summed E-state index contributed by atoms with van der Waals surface area (Å²) in [6.07, 6.45) is 9.66. The molecule has 0 aromatic rings. The predicted molar refractivity (Wildman–Crippen MR) is 65.4 cm³/mol. The van der Waals surface area contributed by atoms with E-state index in [0.29, 0.717) is 12.1 Å². The zero-order valence-electron chi connectivity index (χ0n) is 10.5. The molecule has 3 nitrogen and oxygen atoms in total. The highest BCUT2D eigenvalue weighted by atomic mass is 16.5. The van der Waals surface area contributed by atoms with E-state index >= 15 is 0 Å². The SMILES string of the molecule is N#CC1(NC2CC2)CCCC(OCC2CC2)C1. The van der Waals surface area contributed by atoms with E-state index < -0.39 is 0 Å². The molecule has 2 unspecified atom stereocenters. The lowest BCUT2D eigenvalue weighted by atomic mass is 9.81. The number of nitrogens with zero attached hydrogens (tertiary/aromatic N) is 1. The highest BCUT2D eigenvalue weighted by Gasteiger charge is 2.41. The molecular weight excluding hydrogens is 212 g/mol. The fraction of sp³-hybridized carbons (Fsp3) is 0.929. The summed E-state index contributed by atoms with van der Waals surface area (Å²) in [5, 5.41) is 13.0.